The minimum Gasteiger partial charge on any atom is -0.481 e. The molecule has 1 saturated heterocycles. The predicted molar refractivity (Wildman–Crippen MR) is 102 cm³/mol. The standard InChI is InChI=1S/C19H23ClN2O2S/c1-3-16-12-25-18(21-16)14-5-4-10-22(11-14)19(23)13(2)24-17-8-6-15(20)7-9-17/h6-9,12-14H,3-5,10-11H2,1-2H3. The Morgan fingerprint density at radius 2 is 2.20 bits per heavy atom. The van der Waals surface area contributed by atoms with E-state index in [-0.39, 0.29) is 5.91 Å². The fraction of sp³-hybridized carbons (Fsp3) is 0.474. The van der Waals surface area contributed by atoms with Gasteiger partial charge in [0.05, 0.1) is 10.7 Å². The first-order valence-electron chi connectivity index (χ1n) is 8.72. The predicted octanol–water partition coefficient (Wildman–Crippen LogP) is 4.53. The lowest BCUT2D eigenvalue weighted by Gasteiger charge is -2.33. The molecule has 134 valence electrons. The normalized spacial score (nSPS) is 18.8. The third-order valence-corrected chi connectivity index (χ3v) is 5.80. The number of benzene rings is 1. The molecule has 2 heterocycles. The number of nitrogens with zero attached hydrogens (tertiary/aromatic N) is 2. The molecule has 1 aliphatic rings. The maximum Gasteiger partial charge on any atom is 0.263 e. The highest BCUT2D eigenvalue weighted by atomic mass is 35.5. The molecule has 25 heavy (non-hydrogen) atoms. The molecule has 0 spiro atoms. The first-order valence-corrected chi connectivity index (χ1v) is 9.98. The fourth-order valence-electron chi connectivity index (χ4n) is 3.08. The fourth-order valence-corrected chi connectivity index (χ4v) is 4.23. The highest BCUT2D eigenvalue weighted by Gasteiger charge is 2.29. The summed E-state index contributed by atoms with van der Waals surface area (Å²) in [6.45, 7) is 5.43. The quantitative estimate of drug-likeness (QED) is 0.767. The van der Waals surface area contributed by atoms with Gasteiger partial charge in [-0.05, 0) is 50.5 Å². The number of ether oxygens (including phenoxy) is 1. The maximum atomic E-state index is 12.8. The summed E-state index contributed by atoms with van der Waals surface area (Å²) in [5.41, 5.74) is 1.14. The number of hydrogen-bond acceptors (Lipinski definition) is 4. The first-order chi connectivity index (χ1) is 12.1. The summed E-state index contributed by atoms with van der Waals surface area (Å²) in [5, 5.41) is 3.93. The number of halogens is 1. The summed E-state index contributed by atoms with van der Waals surface area (Å²) in [6, 6.07) is 7.09. The van der Waals surface area contributed by atoms with Gasteiger partial charge in [0.1, 0.15) is 5.75 Å². The van der Waals surface area contributed by atoms with Crippen molar-refractivity contribution in [2.24, 2.45) is 0 Å². The number of carbonyl (C=O) groups excluding carboxylic acids is 1. The van der Waals surface area contributed by atoms with Gasteiger partial charge in [0.2, 0.25) is 0 Å². The van der Waals surface area contributed by atoms with E-state index in [1.54, 1.807) is 42.5 Å². The Hall–Kier alpha value is -1.59. The van der Waals surface area contributed by atoms with Crippen LogP contribution in [0.1, 0.15) is 43.3 Å². The Morgan fingerprint density at radius 3 is 2.88 bits per heavy atom. The summed E-state index contributed by atoms with van der Waals surface area (Å²) >= 11 is 7.60. The number of thiazole rings is 1. The molecular weight excluding hydrogens is 356 g/mol. The van der Waals surface area contributed by atoms with Crippen LogP contribution in [-0.2, 0) is 11.2 Å². The molecule has 4 nitrogen and oxygen atoms in total. The highest BCUT2D eigenvalue weighted by molar-refractivity contribution is 7.09. The summed E-state index contributed by atoms with van der Waals surface area (Å²) in [7, 11) is 0. The van der Waals surface area contributed by atoms with E-state index < -0.39 is 6.10 Å². The van der Waals surface area contributed by atoms with Crippen LogP contribution < -0.4 is 4.74 Å². The van der Waals surface area contributed by atoms with Crippen molar-refractivity contribution < 1.29 is 9.53 Å². The Morgan fingerprint density at radius 1 is 1.44 bits per heavy atom. The second kappa shape index (κ2) is 8.19. The van der Waals surface area contributed by atoms with Crippen LogP contribution in [0.3, 0.4) is 0 Å². The van der Waals surface area contributed by atoms with Gasteiger partial charge in [-0.1, -0.05) is 18.5 Å². The molecular formula is C19H23ClN2O2S. The third-order valence-electron chi connectivity index (χ3n) is 4.49. The smallest absolute Gasteiger partial charge is 0.263 e. The summed E-state index contributed by atoms with van der Waals surface area (Å²) in [5.74, 6) is 1.03. The van der Waals surface area contributed by atoms with Crippen molar-refractivity contribution in [3.05, 3.63) is 45.4 Å². The van der Waals surface area contributed by atoms with E-state index in [9.17, 15) is 4.79 Å². The number of carbonyl (C=O) groups is 1. The molecule has 6 heteroatoms. The van der Waals surface area contributed by atoms with Gasteiger partial charge in [-0.3, -0.25) is 4.79 Å². The van der Waals surface area contributed by atoms with E-state index in [4.69, 9.17) is 21.3 Å². The van der Waals surface area contributed by atoms with Gasteiger partial charge in [-0.2, -0.15) is 0 Å². The molecule has 2 aromatic rings. The van der Waals surface area contributed by atoms with Crippen LogP contribution in [0.25, 0.3) is 0 Å². The number of amides is 1. The monoisotopic (exact) mass is 378 g/mol. The molecule has 1 aliphatic heterocycles. The van der Waals surface area contributed by atoms with E-state index in [1.165, 1.54) is 0 Å². The minimum absolute atomic E-state index is 0.0342. The summed E-state index contributed by atoms with van der Waals surface area (Å²) in [6.07, 6.45) is 2.54. The van der Waals surface area contributed by atoms with Crippen LogP contribution in [-0.4, -0.2) is 35.0 Å². The van der Waals surface area contributed by atoms with Gasteiger partial charge < -0.3 is 9.64 Å². The minimum atomic E-state index is -0.512. The molecule has 2 atom stereocenters. The van der Waals surface area contributed by atoms with Crippen molar-refractivity contribution >= 4 is 28.8 Å². The number of aryl methyl sites for hydroxylation is 1. The van der Waals surface area contributed by atoms with Crippen molar-refractivity contribution in [2.45, 2.75) is 45.1 Å². The molecule has 1 aromatic carbocycles. The molecule has 2 unspecified atom stereocenters. The number of rotatable bonds is 5. The second-order valence-electron chi connectivity index (χ2n) is 6.37. The highest BCUT2D eigenvalue weighted by Crippen LogP contribution is 2.30. The first kappa shape index (κ1) is 18.2. The molecule has 1 aromatic heterocycles. The van der Waals surface area contributed by atoms with E-state index in [2.05, 4.69) is 12.3 Å². The Bertz CT molecular complexity index is 716. The number of piperidine rings is 1. The van der Waals surface area contributed by atoms with Crippen LogP contribution in [0.15, 0.2) is 29.6 Å². The summed E-state index contributed by atoms with van der Waals surface area (Å²) in [4.78, 5) is 19.4. The van der Waals surface area contributed by atoms with E-state index in [0.717, 1.165) is 43.1 Å². The number of aromatic nitrogens is 1. The van der Waals surface area contributed by atoms with Crippen molar-refractivity contribution in [2.75, 3.05) is 13.1 Å². The van der Waals surface area contributed by atoms with E-state index in [1.807, 2.05) is 4.90 Å². The van der Waals surface area contributed by atoms with Crippen LogP contribution in [0, 0.1) is 0 Å². The SMILES string of the molecule is CCc1csc(C2CCCN(C(=O)C(C)Oc3ccc(Cl)cc3)C2)n1. The Kier molecular flexibility index (Phi) is 5.97. The van der Waals surface area contributed by atoms with Crippen molar-refractivity contribution in [1.82, 2.24) is 9.88 Å². The van der Waals surface area contributed by atoms with Crippen LogP contribution in [0.5, 0.6) is 5.75 Å². The van der Waals surface area contributed by atoms with Crippen molar-refractivity contribution in [3.8, 4) is 5.75 Å². The lowest BCUT2D eigenvalue weighted by molar-refractivity contribution is -0.139. The molecule has 0 saturated carbocycles. The van der Waals surface area contributed by atoms with Crippen molar-refractivity contribution in [3.63, 3.8) is 0 Å². The Balaban J connectivity index is 1.61. The van der Waals surface area contributed by atoms with Crippen molar-refractivity contribution in [1.29, 1.82) is 0 Å². The zero-order chi connectivity index (χ0) is 17.8. The van der Waals surface area contributed by atoms with Gasteiger partial charge >= 0.3 is 0 Å². The Labute approximate surface area is 157 Å². The zero-order valence-corrected chi connectivity index (χ0v) is 16.1. The second-order valence-corrected chi connectivity index (χ2v) is 7.69. The molecule has 0 aliphatic carbocycles. The number of hydrogen-bond donors (Lipinski definition) is 0. The largest absolute Gasteiger partial charge is 0.481 e. The van der Waals surface area contributed by atoms with Crippen LogP contribution in [0.2, 0.25) is 5.02 Å². The lowest BCUT2D eigenvalue weighted by Crippen LogP contribution is -2.45. The van der Waals surface area contributed by atoms with Crippen LogP contribution >= 0.6 is 22.9 Å². The van der Waals surface area contributed by atoms with E-state index >= 15 is 0 Å². The molecule has 0 radical (unpaired) electrons. The van der Waals surface area contributed by atoms with Gasteiger partial charge in [-0.15, -0.1) is 11.3 Å². The van der Waals surface area contributed by atoms with Gasteiger partial charge in [0.25, 0.3) is 5.91 Å². The zero-order valence-electron chi connectivity index (χ0n) is 14.6. The van der Waals surface area contributed by atoms with Crippen LogP contribution in [0.4, 0.5) is 0 Å². The topological polar surface area (TPSA) is 42.4 Å². The van der Waals surface area contributed by atoms with Gasteiger partial charge in [-0.25, -0.2) is 4.98 Å². The average molecular weight is 379 g/mol. The molecule has 1 fully saturated rings. The maximum absolute atomic E-state index is 12.8. The number of likely N-dealkylation sites (tertiary alicyclic amines) is 1. The molecule has 0 bridgehead atoms. The molecule has 0 N–H and O–H groups in total. The lowest BCUT2D eigenvalue weighted by atomic mass is 9.98. The summed E-state index contributed by atoms with van der Waals surface area (Å²) < 4.78 is 5.78. The molecule has 3 rings (SSSR count). The van der Waals surface area contributed by atoms with E-state index in [0.29, 0.717) is 16.7 Å². The average Bonchev–Trinajstić information content (AvgIpc) is 3.12. The van der Waals surface area contributed by atoms with Gasteiger partial charge in [0.15, 0.2) is 6.10 Å². The third kappa shape index (κ3) is 4.53. The molecule has 1 amide bonds. The van der Waals surface area contributed by atoms with Gasteiger partial charge in [0, 0.05) is 29.4 Å².